The highest BCUT2D eigenvalue weighted by Crippen LogP contribution is 2.39. The van der Waals surface area contributed by atoms with E-state index in [0.29, 0.717) is 0 Å². The molecule has 0 aliphatic heterocycles. The van der Waals surface area contributed by atoms with Gasteiger partial charge in [-0.15, -0.1) is 0 Å². The van der Waals surface area contributed by atoms with Crippen molar-refractivity contribution in [3.05, 3.63) is 182 Å². The molecular formula is C41H38N2. The van der Waals surface area contributed by atoms with E-state index in [1.165, 1.54) is 16.7 Å². The fraction of sp³-hybridized carbons (Fsp3) is 0.0732. The van der Waals surface area contributed by atoms with Gasteiger partial charge in [0.15, 0.2) is 0 Å². The van der Waals surface area contributed by atoms with E-state index in [4.69, 9.17) is 0 Å². The summed E-state index contributed by atoms with van der Waals surface area (Å²) in [4.78, 5) is 4.46. The number of nitrogens with zero attached hydrogens (tertiary/aromatic N) is 2. The van der Waals surface area contributed by atoms with Crippen LogP contribution < -0.4 is 9.80 Å². The van der Waals surface area contributed by atoms with Crippen LogP contribution in [0.3, 0.4) is 0 Å². The van der Waals surface area contributed by atoms with E-state index < -0.39 is 0 Å². The van der Waals surface area contributed by atoms with Crippen molar-refractivity contribution >= 4 is 22.7 Å². The van der Waals surface area contributed by atoms with Gasteiger partial charge in [-0.05, 0) is 97.1 Å². The smallest absolute Gasteiger partial charge is 0.0464 e. The minimum absolute atomic E-state index is 0.843. The average molecular weight is 559 g/mol. The van der Waals surface area contributed by atoms with Crippen molar-refractivity contribution < 1.29 is 0 Å². The van der Waals surface area contributed by atoms with Gasteiger partial charge >= 0.3 is 0 Å². The molecule has 5 aromatic rings. The molecule has 0 fully saturated rings. The van der Waals surface area contributed by atoms with Gasteiger partial charge in [-0.1, -0.05) is 116 Å². The van der Waals surface area contributed by atoms with Crippen molar-refractivity contribution in [3.8, 4) is 22.3 Å². The number of para-hydroxylation sites is 2. The van der Waals surface area contributed by atoms with Gasteiger partial charge in [0.05, 0.1) is 0 Å². The molecule has 43 heavy (non-hydrogen) atoms. The van der Waals surface area contributed by atoms with E-state index in [2.05, 4.69) is 163 Å². The molecule has 5 rings (SSSR count). The number of benzene rings is 5. The van der Waals surface area contributed by atoms with Crippen LogP contribution in [-0.4, -0.2) is 0 Å². The Morgan fingerprint density at radius 1 is 0.605 bits per heavy atom. The molecule has 0 radical (unpaired) electrons. The first-order chi connectivity index (χ1) is 21.1. The maximum absolute atomic E-state index is 4.29. The Labute approximate surface area is 256 Å². The first kappa shape index (κ1) is 29.2. The Bertz CT molecular complexity index is 1710. The molecule has 0 aliphatic carbocycles. The molecular weight excluding hydrogens is 520 g/mol. The van der Waals surface area contributed by atoms with E-state index in [0.717, 1.165) is 46.1 Å². The lowest BCUT2D eigenvalue weighted by Gasteiger charge is -2.27. The summed E-state index contributed by atoms with van der Waals surface area (Å²) < 4.78 is 0. The molecule has 0 spiro atoms. The number of allylic oxidation sites excluding steroid dienone is 5. The van der Waals surface area contributed by atoms with Gasteiger partial charge in [0.25, 0.3) is 0 Å². The van der Waals surface area contributed by atoms with E-state index in [9.17, 15) is 0 Å². The topological polar surface area (TPSA) is 6.48 Å². The standard InChI is InChI=1S/C41H38N2/c1-5-7-11-20-35(6-2)43(37-23-16-10-17-24-37)38-27-25-34(26-28-38)40-30-29-39(31-41(40)33-18-12-8-13-19-33)42(32(3)4)36-21-14-9-15-22-36/h5-10,12-31H,2-3,11H2,1,4H3/b7-5-,35-20+. The Morgan fingerprint density at radius 3 is 1.67 bits per heavy atom. The minimum Gasteiger partial charge on any atom is -0.315 e. The van der Waals surface area contributed by atoms with E-state index in [1.54, 1.807) is 0 Å². The molecule has 0 aliphatic rings. The molecule has 2 nitrogen and oxygen atoms in total. The van der Waals surface area contributed by atoms with Crippen molar-refractivity contribution in [1.82, 2.24) is 0 Å². The predicted octanol–water partition coefficient (Wildman–Crippen LogP) is 11.9. The molecule has 0 amide bonds. The lowest BCUT2D eigenvalue weighted by molar-refractivity contribution is 1.17. The number of rotatable bonds is 11. The van der Waals surface area contributed by atoms with Crippen molar-refractivity contribution in [2.24, 2.45) is 0 Å². The van der Waals surface area contributed by atoms with Crippen molar-refractivity contribution in [1.29, 1.82) is 0 Å². The molecule has 0 atom stereocenters. The van der Waals surface area contributed by atoms with Crippen LogP contribution in [0.1, 0.15) is 20.3 Å². The van der Waals surface area contributed by atoms with E-state index in [-0.39, 0.29) is 0 Å². The number of anilines is 4. The van der Waals surface area contributed by atoms with E-state index >= 15 is 0 Å². The highest BCUT2D eigenvalue weighted by Gasteiger charge is 2.16. The second-order valence-corrected chi connectivity index (χ2v) is 10.4. The van der Waals surface area contributed by atoms with Crippen LogP contribution in [0.2, 0.25) is 0 Å². The first-order valence-electron chi connectivity index (χ1n) is 14.7. The molecule has 0 saturated carbocycles. The van der Waals surface area contributed by atoms with Crippen LogP contribution in [0.4, 0.5) is 22.7 Å². The zero-order valence-corrected chi connectivity index (χ0v) is 25.0. The van der Waals surface area contributed by atoms with Crippen LogP contribution in [0.5, 0.6) is 0 Å². The summed E-state index contributed by atoms with van der Waals surface area (Å²) in [5.41, 5.74) is 11.0. The summed E-state index contributed by atoms with van der Waals surface area (Å²) >= 11 is 0. The average Bonchev–Trinajstić information content (AvgIpc) is 3.06. The maximum Gasteiger partial charge on any atom is 0.0464 e. The molecule has 0 bridgehead atoms. The summed E-state index contributed by atoms with van der Waals surface area (Å²) in [5.74, 6) is 0. The van der Waals surface area contributed by atoms with Gasteiger partial charge in [0.2, 0.25) is 0 Å². The van der Waals surface area contributed by atoms with E-state index in [1.807, 2.05) is 32.1 Å². The fourth-order valence-corrected chi connectivity index (χ4v) is 5.35. The van der Waals surface area contributed by atoms with Crippen LogP contribution >= 0.6 is 0 Å². The van der Waals surface area contributed by atoms with Gasteiger partial charge in [-0.2, -0.15) is 0 Å². The summed E-state index contributed by atoms with van der Waals surface area (Å²) in [6.07, 6.45) is 9.20. The normalized spacial score (nSPS) is 11.3. The summed E-state index contributed by atoms with van der Waals surface area (Å²) in [6, 6.07) is 47.0. The van der Waals surface area contributed by atoms with Crippen LogP contribution in [-0.2, 0) is 0 Å². The molecule has 0 unspecified atom stereocenters. The lowest BCUT2D eigenvalue weighted by Crippen LogP contribution is -2.15. The van der Waals surface area contributed by atoms with Crippen molar-refractivity contribution in [3.63, 3.8) is 0 Å². The highest BCUT2D eigenvalue weighted by molar-refractivity contribution is 5.88. The van der Waals surface area contributed by atoms with Gasteiger partial charge < -0.3 is 9.80 Å². The Morgan fingerprint density at radius 2 is 1.12 bits per heavy atom. The molecule has 212 valence electrons. The predicted molar refractivity (Wildman–Crippen MR) is 187 cm³/mol. The molecule has 0 saturated heterocycles. The summed E-state index contributed by atoms with van der Waals surface area (Å²) in [5, 5.41) is 0. The van der Waals surface area contributed by atoms with Gasteiger partial charge in [-0.25, -0.2) is 0 Å². The third kappa shape index (κ3) is 6.77. The Kier molecular flexibility index (Phi) is 9.51. The first-order valence-corrected chi connectivity index (χ1v) is 14.7. The molecule has 0 aromatic heterocycles. The van der Waals surface area contributed by atoms with Crippen LogP contribution in [0.25, 0.3) is 22.3 Å². The van der Waals surface area contributed by atoms with Crippen LogP contribution in [0, 0.1) is 0 Å². The largest absolute Gasteiger partial charge is 0.315 e. The molecule has 2 heteroatoms. The minimum atomic E-state index is 0.843. The van der Waals surface area contributed by atoms with Gasteiger partial charge in [0, 0.05) is 34.1 Å². The zero-order valence-electron chi connectivity index (χ0n) is 25.0. The Hall–Kier alpha value is -5.34. The second kappa shape index (κ2) is 14.0. The fourth-order valence-electron chi connectivity index (χ4n) is 5.35. The maximum atomic E-state index is 4.29. The molecule has 0 heterocycles. The SMILES string of the molecule is C=C/C(=C\C/C=C\C)N(c1ccccc1)c1ccc(-c2ccc(N(C(=C)C)c3ccccc3)cc2-c2ccccc2)cc1. The summed E-state index contributed by atoms with van der Waals surface area (Å²) in [6.45, 7) is 12.5. The number of hydrogen-bond donors (Lipinski definition) is 0. The summed E-state index contributed by atoms with van der Waals surface area (Å²) in [7, 11) is 0. The Balaban J connectivity index is 1.59. The van der Waals surface area contributed by atoms with Crippen LogP contribution in [0.15, 0.2) is 182 Å². The third-order valence-corrected chi connectivity index (χ3v) is 7.36. The number of hydrogen-bond acceptors (Lipinski definition) is 2. The van der Waals surface area contributed by atoms with Gasteiger partial charge in [-0.3, -0.25) is 0 Å². The van der Waals surface area contributed by atoms with Crippen molar-refractivity contribution in [2.75, 3.05) is 9.80 Å². The van der Waals surface area contributed by atoms with Crippen molar-refractivity contribution in [2.45, 2.75) is 20.3 Å². The highest BCUT2D eigenvalue weighted by atomic mass is 15.1. The second-order valence-electron chi connectivity index (χ2n) is 10.4. The molecule has 5 aromatic carbocycles. The quantitative estimate of drug-likeness (QED) is 0.117. The zero-order chi connectivity index (χ0) is 30.0. The lowest BCUT2D eigenvalue weighted by atomic mass is 9.93. The monoisotopic (exact) mass is 558 g/mol. The van der Waals surface area contributed by atoms with Gasteiger partial charge in [0.1, 0.15) is 0 Å². The third-order valence-electron chi connectivity index (χ3n) is 7.36. The molecule has 0 N–H and O–H groups in total.